The van der Waals surface area contributed by atoms with E-state index in [-0.39, 0.29) is 11.7 Å². The van der Waals surface area contributed by atoms with Crippen molar-refractivity contribution < 1.29 is 4.79 Å². The van der Waals surface area contributed by atoms with Gasteiger partial charge in [-0.05, 0) is 25.7 Å². The first kappa shape index (κ1) is 18.2. The number of ketones is 1. The van der Waals surface area contributed by atoms with E-state index in [0.717, 1.165) is 12.8 Å². The number of unbranched alkanes of at least 4 members (excludes halogenated alkanes) is 7. The van der Waals surface area contributed by atoms with Crippen LogP contribution in [0.2, 0.25) is 0 Å². The highest BCUT2D eigenvalue weighted by Gasteiger charge is 2.15. The van der Waals surface area contributed by atoms with Gasteiger partial charge in [0.1, 0.15) is 0 Å². The van der Waals surface area contributed by atoms with Crippen LogP contribution in [0.4, 0.5) is 0 Å². The third-order valence-corrected chi connectivity index (χ3v) is 3.68. The van der Waals surface area contributed by atoms with E-state index in [4.69, 9.17) is 0 Å². The van der Waals surface area contributed by atoms with Gasteiger partial charge in [-0.2, -0.15) is 0 Å². The number of hydrogen-bond donors (Lipinski definition) is 0. The number of hydrogen-bond acceptors (Lipinski definition) is 1. The van der Waals surface area contributed by atoms with Crippen LogP contribution in [0.1, 0.15) is 91.4 Å². The van der Waals surface area contributed by atoms with Crippen LogP contribution >= 0.6 is 0 Å². The van der Waals surface area contributed by atoms with Crippen molar-refractivity contribution >= 4 is 5.78 Å². The molecule has 1 nitrogen and oxygen atoms in total. The van der Waals surface area contributed by atoms with Crippen LogP contribution in [-0.4, -0.2) is 5.78 Å². The number of rotatable bonds is 12. The van der Waals surface area contributed by atoms with E-state index in [1.807, 2.05) is 0 Å². The van der Waals surface area contributed by atoms with Crippen molar-refractivity contribution in [3.05, 3.63) is 0 Å². The van der Waals surface area contributed by atoms with Gasteiger partial charge in [0.15, 0.2) is 0 Å². The van der Waals surface area contributed by atoms with E-state index < -0.39 is 0 Å². The molecule has 0 saturated heterocycles. The van der Waals surface area contributed by atoms with E-state index in [1.54, 1.807) is 6.92 Å². The fourth-order valence-electron chi connectivity index (χ4n) is 2.44. The van der Waals surface area contributed by atoms with Gasteiger partial charge in [0.05, 0.1) is 0 Å². The highest BCUT2D eigenvalue weighted by atomic mass is 16.1. The molecule has 0 saturated carbocycles. The van der Waals surface area contributed by atoms with Gasteiger partial charge in [0, 0.05) is 5.92 Å². The third kappa shape index (κ3) is 10.8. The van der Waals surface area contributed by atoms with Crippen LogP contribution < -0.4 is 0 Å². The Kier molecular flexibility index (Phi) is 13.1. The molecule has 0 bridgehead atoms. The van der Waals surface area contributed by atoms with E-state index >= 15 is 0 Å². The van der Waals surface area contributed by atoms with Crippen molar-refractivity contribution in [3.8, 4) is 11.8 Å². The first-order valence-corrected chi connectivity index (χ1v) is 8.22. The minimum atomic E-state index is 0.175. The Morgan fingerprint density at radius 2 is 1.32 bits per heavy atom. The molecule has 1 atom stereocenters. The van der Waals surface area contributed by atoms with Gasteiger partial charge in [0.2, 0.25) is 5.78 Å². The summed E-state index contributed by atoms with van der Waals surface area (Å²) in [6.45, 7) is 6.21. The number of Topliss-reactive ketones (excluding diaryl/α,β-unsaturated/α-hetero) is 1. The molecule has 1 heteroatoms. The summed E-state index contributed by atoms with van der Waals surface area (Å²) >= 11 is 0. The first-order chi connectivity index (χ1) is 9.26. The monoisotopic (exact) mass is 264 g/mol. The molecule has 0 spiro atoms. The molecule has 0 rings (SSSR count). The predicted molar refractivity (Wildman–Crippen MR) is 84.1 cm³/mol. The molecule has 0 fully saturated rings. The zero-order valence-corrected chi connectivity index (χ0v) is 13.3. The summed E-state index contributed by atoms with van der Waals surface area (Å²) < 4.78 is 0. The Bertz CT molecular complexity index is 269. The normalized spacial score (nSPS) is 11.7. The molecule has 0 aliphatic carbocycles. The molecule has 0 N–H and O–H groups in total. The predicted octanol–water partition coefficient (Wildman–Crippen LogP) is 5.53. The molecule has 0 radical (unpaired) electrons. The lowest BCUT2D eigenvalue weighted by Gasteiger charge is -2.12. The van der Waals surface area contributed by atoms with E-state index in [1.165, 1.54) is 57.8 Å². The summed E-state index contributed by atoms with van der Waals surface area (Å²) in [5.74, 6) is 5.89. The summed E-state index contributed by atoms with van der Waals surface area (Å²) in [4.78, 5) is 12.0. The van der Waals surface area contributed by atoms with Crippen molar-refractivity contribution in [1.29, 1.82) is 0 Å². The Labute approximate surface area is 120 Å². The first-order valence-electron chi connectivity index (χ1n) is 8.22. The Morgan fingerprint density at radius 3 is 1.79 bits per heavy atom. The maximum Gasteiger partial charge on any atom is 0.208 e. The third-order valence-electron chi connectivity index (χ3n) is 3.68. The molecule has 110 valence electrons. The molecule has 0 aromatic heterocycles. The molecule has 0 aliphatic heterocycles. The molecule has 0 aromatic rings. The molecule has 0 amide bonds. The molecule has 19 heavy (non-hydrogen) atoms. The van der Waals surface area contributed by atoms with E-state index in [0.29, 0.717) is 0 Å². The fourth-order valence-corrected chi connectivity index (χ4v) is 2.44. The highest BCUT2D eigenvalue weighted by molar-refractivity contribution is 5.97. The van der Waals surface area contributed by atoms with E-state index in [2.05, 4.69) is 25.7 Å². The lowest BCUT2D eigenvalue weighted by molar-refractivity contribution is -0.117. The largest absolute Gasteiger partial charge is 0.285 e. The Hall–Kier alpha value is -0.770. The van der Waals surface area contributed by atoms with Crippen molar-refractivity contribution in [2.75, 3.05) is 0 Å². The van der Waals surface area contributed by atoms with Crippen LogP contribution in [0.5, 0.6) is 0 Å². The summed E-state index contributed by atoms with van der Waals surface area (Å²) in [6, 6.07) is 0. The van der Waals surface area contributed by atoms with Gasteiger partial charge >= 0.3 is 0 Å². The van der Waals surface area contributed by atoms with Crippen molar-refractivity contribution in [1.82, 2.24) is 0 Å². The maximum atomic E-state index is 12.0. The van der Waals surface area contributed by atoms with Gasteiger partial charge in [-0.25, -0.2) is 0 Å². The van der Waals surface area contributed by atoms with Gasteiger partial charge in [0.25, 0.3) is 0 Å². The zero-order chi connectivity index (χ0) is 14.3. The Balaban J connectivity index is 3.95. The average molecular weight is 264 g/mol. The minimum Gasteiger partial charge on any atom is -0.285 e. The Morgan fingerprint density at radius 1 is 0.842 bits per heavy atom. The number of carbonyl (C=O) groups is 1. The molecular weight excluding hydrogens is 232 g/mol. The molecule has 1 unspecified atom stereocenters. The summed E-state index contributed by atoms with van der Waals surface area (Å²) in [5.41, 5.74) is 0. The molecule has 0 aliphatic rings. The lowest BCUT2D eigenvalue weighted by Crippen LogP contribution is -2.12. The van der Waals surface area contributed by atoms with Gasteiger partial charge in [-0.3, -0.25) is 4.79 Å². The second kappa shape index (κ2) is 13.7. The second-order valence-electron chi connectivity index (χ2n) is 5.49. The highest BCUT2D eigenvalue weighted by Crippen LogP contribution is 2.19. The van der Waals surface area contributed by atoms with Crippen LogP contribution in [0, 0.1) is 17.8 Å². The zero-order valence-electron chi connectivity index (χ0n) is 13.3. The number of carbonyl (C=O) groups excluding carboxylic acids is 1. The van der Waals surface area contributed by atoms with Crippen molar-refractivity contribution in [2.45, 2.75) is 91.4 Å². The summed E-state index contributed by atoms with van der Waals surface area (Å²) in [5, 5.41) is 0. The van der Waals surface area contributed by atoms with Gasteiger partial charge in [-0.1, -0.05) is 77.6 Å². The minimum absolute atomic E-state index is 0.175. The molecular formula is C18H32O. The van der Waals surface area contributed by atoms with Crippen LogP contribution in [-0.2, 0) is 4.79 Å². The van der Waals surface area contributed by atoms with Crippen molar-refractivity contribution in [2.24, 2.45) is 5.92 Å². The second-order valence-corrected chi connectivity index (χ2v) is 5.49. The summed E-state index contributed by atoms with van der Waals surface area (Å²) in [7, 11) is 0. The van der Waals surface area contributed by atoms with E-state index in [9.17, 15) is 4.79 Å². The maximum absolute atomic E-state index is 12.0. The average Bonchev–Trinajstić information content (AvgIpc) is 2.41. The SMILES string of the molecule is CC#CC(=O)C(CCCCCC)CCCCCCC. The van der Waals surface area contributed by atoms with Crippen LogP contribution in [0.3, 0.4) is 0 Å². The van der Waals surface area contributed by atoms with Crippen LogP contribution in [0.15, 0.2) is 0 Å². The van der Waals surface area contributed by atoms with Gasteiger partial charge < -0.3 is 0 Å². The van der Waals surface area contributed by atoms with Crippen LogP contribution in [0.25, 0.3) is 0 Å². The molecule has 0 aromatic carbocycles. The smallest absolute Gasteiger partial charge is 0.208 e. The quantitative estimate of drug-likeness (QED) is 0.257. The van der Waals surface area contributed by atoms with Crippen molar-refractivity contribution in [3.63, 3.8) is 0 Å². The summed E-state index contributed by atoms with van der Waals surface area (Å²) in [6.07, 6.45) is 13.4. The standard InChI is InChI=1S/C18H32O/c1-4-7-9-11-13-16-17(18(19)14-6-3)15-12-10-8-5-2/h17H,4-5,7-13,15-16H2,1-3H3. The fraction of sp³-hybridized carbons (Fsp3) is 0.833. The lowest BCUT2D eigenvalue weighted by atomic mass is 9.91. The molecule has 0 heterocycles. The van der Waals surface area contributed by atoms with Gasteiger partial charge in [-0.15, -0.1) is 0 Å². The topological polar surface area (TPSA) is 17.1 Å².